The van der Waals surface area contributed by atoms with Gasteiger partial charge in [0.25, 0.3) is 0 Å². The van der Waals surface area contributed by atoms with Crippen molar-refractivity contribution in [3.05, 3.63) is 29.8 Å². The number of rotatable bonds is 3. The lowest BCUT2D eigenvalue weighted by atomic mass is 9.72. The lowest BCUT2D eigenvalue weighted by molar-refractivity contribution is 0.0199. The van der Waals surface area contributed by atoms with Crippen LogP contribution < -0.4 is 0 Å². The van der Waals surface area contributed by atoms with E-state index in [1.165, 1.54) is 0 Å². The van der Waals surface area contributed by atoms with E-state index in [9.17, 15) is 5.11 Å². The zero-order valence-corrected chi connectivity index (χ0v) is 12.4. The maximum absolute atomic E-state index is 15.4. The molecule has 2 atom stereocenters. The summed E-state index contributed by atoms with van der Waals surface area (Å²) in [4.78, 5) is 2.05. The number of benzene rings is 1. The third kappa shape index (κ3) is 3.61. The fraction of sp³-hybridized carbons (Fsp3) is 0.600. The van der Waals surface area contributed by atoms with Crippen molar-refractivity contribution >= 4 is 12.4 Å². The van der Waals surface area contributed by atoms with Crippen LogP contribution in [0.25, 0.3) is 0 Å². The number of phenols is 1. The molecule has 1 aromatic carbocycles. The first kappa shape index (κ1) is 16.3. The van der Waals surface area contributed by atoms with Crippen LogP contribution in [0.4, 0.5) is 4.39 Å². The molecule has 0 saturated heterocycles. The molecule has 1 aliphatic rings. The van der Waals surface area contributed by atoms with Crippen molar-refractivity contribution in [2.24, 2.45) is 5.92 Å². The van der Waals surface area contributed by atoms with Gasteiger partial charge in [-0.2, -0.15) is 0 Å². The van der Waals surface area contributed by atoms with E-state index in [0.717, 1.165) is 25.8 Å². The van der Waals surface area contributed by atoms with Crippen molar-refractivity contribution in [2.45, 2.75) is 31.4 Å². The molecule has 0 bridgehead atoms. The summed E-state index contributed by atoms with van der Waals surface area (Å²) in [6.07, 6.45) is 3.51. The maximum atomic E-state index is 15.4. The maximum Gasteiger partial charge on any atom is 0.140 e. The highest BCUT2D eigenvalue weighted by molar-refractivity contribution is 5.85. The van der Waals surface area contributed by atoms with E-state index in [1.54, 1.807) is 24.3 Å². The smallest absolute Gasteiger partial charge is 0.140 e. The molecule has 2 rings (SSSR count). The van der Waals surface area contributed by atoms with Gasteiger partial charge in [-0.05, 0) is 51.1 Å². The topological polar surface area (TPSA) is 23.5 Å². The Bertz CT molecular complexity index is 413. The van der Waals surface area contributed by atoms with Gasteiger partial charge in [-0.1, -0.05) is 18.6 Å². The fourth-order valence-electron chi connectivity index (χ4n) is 3.03. The molecule has 0 amide bonds. The van der Waals surface area contributed by atoms with Gasteiger partial charge in [0.2, 0.25) is 0 Å². The Morgan fingerprint density at radius 3 is 2.74 bits per heavy atom. The summed E-state index contributed by atoms with van der Waals surface area (Å²) in [6, 6.07) is 6.70. The minimum atomic E-state index is -1.29. The molecule has 0 heterocycles. The van der Waals surface area contributed by atoms with E-state index in [-0.39, 0.29) is 24.1 Å². The highest BCUT2D eigenvalue weighted by Crippen LogP contribution is 2.45. The number of nitrogens with zero attached hydrogens (tertiary/aromatic N) is 1. The number of alkyl halides is 1. The van der Waals surface area contributed by atoms with E-state index in [2.05, 4.69) is 0 Å². The molecule has 0 aliphatic heterocycles. The molecule has 2 nitrogen and oxygen atoms in total. The van der Waals surface area contributed by atoms with Crippen LogP contribution >= 0.6 is 12.4 Å². The van der Waals surface area contributed by atoms with E-state index >= 15 is 4.39 Å². The van der Waals surface area contributed by atoms with Gasteiger partial charge in [-0.15, -0.1) is 12.4 Å². The van der Waals surface area contributed by atoms with Crippen LogP contribution in [0.3, 0.4) is 0 Å². The third-order valence-electron chi connectivity index (χ3n) is 3.90. The first-order chi connectivity index (χ1) is 8.52. The normalized spacial score (nSPS) is 27.1. The van der Waals surface area contributed by atoms with Gasteiger partial charge >= 0.3 is 0 Å². The number of phenolic OH excluding ortho intramolecular Hbond substituents is 1. The van der Waals surface area contributed by atoms with Crippen LogP contribution in [-0.2, 0) is 5.67 Å². The Kier molecular flexibility index (Phi) is 5.63. The zero-order valence-electron chi connectivity index (χ0n) is 11.6. The number of aromatic hydroxyl groups is 1. The second-order valence-electron chi connectivity index (χ2n) is 5.62. The largest absolute Gasteiger partial charge is 0.508 e. The highest BCUT2D eigenvalue weighted by Gasteiger charge is 2.42. The molecule has 19 heavy (non-hydrogen) atoms. The van der Waals surface area contributed by atoms with Gasteiger partial charge in [0, 0.05) is 12.5 Å². The molecule has 108 valence electrons. The third-order valence-corrected chi connectivity index (χ3v) is 3.90. The van der Waals surface area contributed by atoms with Crippen LogP contribution in [-0.4, -0.2) is 30.6 Å². The predicted molar refractivity (Wildman–Crippen MR) is 78.7 cm³/mol. The van der Waals surface area contributed by atoms with Gasteiger partial charge in [-0.3, -0.25) is 0 Å². The second-order valence-corrected chi connectivity index (χ2v) is 5.62. The summed E-state index contributed by atoms with van der Waals surface area (Å²) in [5.74, 6) is 0.168. The van der Waals surface area contributed by atoms with Crippen LogP contribution in [0.2, 0.25) is 0 Å². The van der Waals surface area contributed by atoms with Crippen molar-refractivity contribution in [1.29, 1.82) is 0 Å². The highest BCUT2D eigenvalue weighted by atomic mass is 35.5. The molecular formula is C15H23ClFNO. The summed E-state index contributed by atoms with van der Waals surface area (Å²) in [6.45, 7) is 0.756. The van der Waals surface area contributed by atoms with Crippen molar-refractivity contribution in [3.8, 4) is 5.75 Å². The van der Waals surface area contributed by atoms with E-state index in [4.69, 9.17) is 0 Å². The average Bonchev–Trinajstić information content (AvgIpc) is 2.32. The van der Waals surface area contributed by atoms with Gasteiger partial charge in [-0.25, -0.2) is 4.39 Å². The molecule has 1 aromatic rings. The summed E-state index contributed by atoms with van der Waals surface area (Å²) in [5.41, 5.74) is -0.657. The van der Waals surface area contributed by atoms with Crippen molar-refractivity contribution in [1.82, 2.24) is 4.90 Å². The summed E-state index contributed by atoms with van der Waals surface area (Å²) in [5, 5.41) is 9.55. The minimum Gasteiger partial charge on any atom is -0.508 e. The van der Waals surface area contributed by atoms with Crippen molar-refractivity contribution < 1.29 is 9.50 Å². The molecule has 1 saturated carbocycles. The molecule has 4 heteroatoms. The molecule has 1 N–H and O–H groups in total. The van der Waals surface area contributed by atoms with Gasteiger partial charge in [0.05, 0.1) is 0 Å². The molecule has 0 spiro atoms. The van der Waals surface area contributed by atoms with Gasteiger partial charge in [0.15, 0.2) is 0 Å². The molecule has 0 radical (unpaired) electrons. The zero-order chi connectivity index (χ0) is 13.2. The molecule has 0 aromatic heterocycles. The molecule has 1 aliphatic carbocycles. The standard InChI is InChI=1S/C15H22FNO.ClH/c1-17(2)11-13-6-3-4-9-15(13,16)12-7-5-8-14(18)10-12;/h5,7-8,10,13,18H,3-4,6,9,11H2,1-2H3;1H. The quantitative estimate of drug-likeness (QED) is 0.916. The number of hydrogen-bond donors (Lipinski definition) is 1. The fourth-order valence-corrected chi connectivity index (χ4v) is 3.03. The van der Waals surface area contributed by atoms with E-state index in [0.29, 0.717) is 12.0 Å². The first-order valence-electron chi connectivity index (χ1n) is 6.65. The van der Waals surface area contributed by atoms with Crippen molar-refractivity contribution in [3.63, 3.8) is 0 Å². The van der Waals surface area contributed by atoms with Crippen LogP contribution in [0.15, 0.2) is 24.3 Å². The molecule has 1 fully saturated rings. The number of halogens is 2. The Morgan fingerprint density at radius 1 is 1.37 bits per heavy atom. The Balaban J connectivity index is 0.00000180. The summed E-state index contributed by atoms with van der Waals surface area (Å²) >= 11 is 0. The van der Waals surface area contributed by atoms with Gasteiger partial charge in [0.1, 0.15) is 11.4 Å². The number of hydrogen-bond acceptors (Lipinski definition) is 2. The van der Waals surface area contributed by atoms with Crippen LogP contribution in [0.5, 0.6) is 5.75 Å². The SMILES string of the molecule is CN(C)CC1CCCCC1(F)c1cccc(O)c1.Cl. The van der Waals surface area contributed by atoms with Crippen LogP contribution in [0, 0.1) is 5.92 Å². The van der Waals surface area contributed by atoms with Gasteiger partial charge < -0.3 is 10.0 Å². The average molecular weight is 288 g/mol. The van der Waals surface area contributed by atoms with Crippen molar-refractivity contribution in [2.75, 3.05) is 20.6 Å². The molecular weight excluding hydrogens is 265 g/mol. The Hall–Kier alpha value is -0.800. The Labute approximate surface area is 121 Å². The molecule has 2 unspecified atom stereocenters. The van der Waals surface area contributed by atoms with E-state index < -0.39 is 5.67 Å². The van der Waals surface area contributed by atoms with Crippen LogP contribution in [0.1, 0.15) is 31.2 Å². The second kappa shape index (κ2) is 6.58. The summed E-state index contributed by atoms with van der Waals surface area (Å²) < 4.78 is 15.4. The lowest BCUT2D eigenvalue weighted by Gasteiger charge is -2.39. The monoisotopic (exact) mass is 287 g/mol. The lowest BCUT2D eigenvalue weighted by Crippen LogP contribution is -2.39. The Morgan fingerprint density at radius 2 is 2.11 bits per heavy atom. The van der Waals surface area contributed by atoms with E-state index in [1.807, 2.05) is 19.0 Å². The summed E-state index contributed by atoms with van der Waals surface area (Å²) in [7, 11) is 3.97. The predicted octanol–water partition coefficient (Wildman–Crippen LogP) is 3.73. The minimum absolute atomic E-state index is 0. The first-order valence-corrected chi connectivity index (χ1v) is 6.65.